The van der Waals surface area contributed by atoms with Gasteiger partial charge >= 0.3 is 6.09 Å². The first-order valence-corrected chi connectivity index (χ1v) is 16.5. The molecule has 0 saturated heterocycles. The third-order valence-electron chi connectivity index (χ3n) is 7.66. The lowest BCUT2D eigenvalue weighted by Crippen LogP contribution is -2.29. The summed E-state index contributed by atoms with van der Waals surface area (Å²) in [6.07, 6.45) is 3.68. The second kappa shape index (κ2) is 14.1. The number of nitrogens with zero attached hydrogens (tertiary/aromatic N) is 5. The molecule has 0 bridgehead atoms. The Balaban J connectivity index is 1.29. The number of nitrogens with one attached hydrogen (secondary N) is 1. The Morgan fingerprint density at radius 3 is 2.35 bits per heavy atom. The zero-order chi connectivity index (χ0) is 37.3. The van der Waals surface area contributed by atoms with Gasteiger partial charge in [0.25, 0.3) is 11.5 Å². The Morgan fingerprint density at radius 1 is 0.923 bits per heavy atom. The van der Waals surface area contributed by atoms with Gasteiger partial charge in [-0.2, -0.15) is 14.9 Å². The average Bonchev–Trinajstić information content (AvgIpc) is 3.73. The van der Waals surface area contributed by atoms with Crippen molar-refractivity contribution in [2.45, 2.75) is 59.8 Å². The minimum Gasteiger partial charge on any atom is -0.476 e. The van der Waals surface area contributed by atoms with Crippen molar-refractivity contribution in [3.8, 4) is 34.2 Å². The number of aryl methyl sites for hydroxylation is 1. The van der Waals surface area contributed by atoms with E-state index in [1.807, 2.05) is 13.0 Å². The number of rotatable bonds is 9. The Kier molecular flexibility index (Phi) is 9.65. The number of amides is 1. The molecule has 6 aromatic rings. The molecule has 0 spiro atoms. The van der Waals surface area contributed by atoms with Gasteiger partial charge in [0.05, 0.1) is 29.7 Å². The Morgan fingerprint density at radius 2 is 1.67 bits per heavy atom. The van der Waals surface area contributed by atoms with Gasteiger partial charge in [0.1, 0.15) is 22.7 Å². The van der Waals surface area contributed by atoms with Crippen molar-refractivity contribution in [3.05, 3.63) is 113 Å². The molecule has 1 amide bonds. The van der Waals surface area contributed by atoms with Crippen LogP contribution in [0.5, 0.6) is 17.4 Å². The van der Waals surface area contributed by atoms with Gasteiger partial charge in [-0.25, -0.2) is 18.1 Å². The Hall–Kier alpha value is -6.31. The number of anilines is 1. The van der Waals surface area contributed by atoms with E-state index in [0.29, 0.717) is 23.4 Å². The summed E-state index contributed by atoms with van der Waals surface area (Å²) in [5, 5.41) is 11.9. The highest BCUT2D eigenvalue weighted by molar-refractivity contribution is 6.04. The van der Waals surface area contributed by atoms with E-state index in [4.69, 9.17) is 14.2 Å². The van der Waals surface area contributed by atoms with Crippen LogP contribution in [0, 0.1) is 11.6 Å². The van der Waals surface area contributed by atoms with Gasteiger partial charge in [0, 0.05) is 41.0 Å². The molecule has 0 radical (unpaired) electrons. The van der Waals surface area contributed by atoms with E-state index >= 15 is 4.39 Å². The molecule has 3 heterocycles. The van der Waals surface area contributed by atoms with Gasteiger partial charge in [-0.3, -0.25) is 14.3 Å². The molecule has 0 aliphatic rings. The third kappa shape index (κ3) is 7.55. The number of benzene rings is 3. The number of fused-ring (bicyclic) bond motifs is 1. The predicted molar refractivity (Wildman–Crippen MR) is 190 cm³/mol. The van der Waals surface area contributed by atoms with Gasteiger partial charge < -0.3 is 19.5 Å². The molecule has 0 aliphatic carbocycles. The van der Waals surface area contributed by atoms with Crippen molar-refractivity contribution < 1.29 is 32.6 Å². The summed E-state index contributed by atoms with van der Waals surface area (Å²) in [5.74, 6) is -1.84. The maximum Gasteiger partial charge on any atom is 0.435 e. The zero-order valence-electron chi connectivity index (χ0n) is 29.3. The largest absolute Gasteiger partial charge is 0.476 e. The lowest BCUT2D eigenvalue weighted by atomic mass is 10.1. The van der Waals surface area contributed by atoms with Crippen LogP contribution in [0.15, 0.2) is 90.1 Å². The van der Waals surface area contributed by atoms with E-state index < -0.39 is 34.8 Å². The number of carbonyl (C=O) groups excluding carboxylic acids is 2. The van der Waals surface area contributed by atoms with E-state index in [9.17, 15) is 18.8 Å². The highest BCUT2D eigenvalue weighted by Gasteiger charge is 2.22. The van der Waals surface area contributed by atoms with Crippen molar-refractivity contribution in [1.29, 1.82) is 0 Å². The third-order valence-corrected chi connectivity index (χ3v) is 7.66. The minimum atomic E-state index is -0.804. The summed E-state index contributed by atoms with van der Waals surface area (Å²) in [4.78, 5) is 39.6. The number of carbonyl (C=O) groups is 2. The van der Waals surface area contributed by atoms with Crippen molar-refractivity contribution >= 4 is 28.6 Å². The maximum atomic E-state index is 15.7. The van der Waals surface area contributed by atoms with Crippen molar-refractivity contribution in [2.24, 2.45) is 0 Å². The smallest absolute Gasteiger partial charge is 0.435 e. The van der Waals surface area contributed by atoms with Crippen molar-refractivity contribution in [3.63, 3.8) is 0 Å². The van der Waals surface area contributed by atoms with Crippen LogP contribution < -0.4 is 20.3 Å². The molecule has 1 N–H and O–H groups in total. The van der Waals surface area contributed by atoms with Gasteiger partial charge in [-0.15, -0.1) is 0 Å². The van der Waals surface area contributed by atoms with E-state index in [-0.39, 0.29) is 34.7 Å². The Labute approximate surface area is 297 Å². The predicted octanol–water partition coefficient (Wildman–Crippen LogP) is 7.96. The summed E-state index contributed by atoms with van der Waals surface area (Å²) in [5.41, 5.74) is 0.457. The summed E-state index contributed by atoms with van der Waals surface area (Å²) in [6, 6.07) is 15.3. The van der Waals surface area contributed by atoms with E-state index in [0.717, 1.165) is 21.7 Å². The topological polar surface area (TPSA) is 131 Å². The molecule has 0 aliphatic heterocycles. The van der Waals surface area contributed by atoms with Crippen molar-refractivity contribution in [1.82, 2.24) is 24.1 Å². The fourth-order valence-corrected chi connectivity index (χ4v) is 5.38. The molecule has 0 atom stereocenters. The van der Waals surface area contributed by atoms with Crippen molar-refractivity contribution in [2.75, 3.05) is 5.32 Å². The molecule has 6 rings (SSSR count). The molecule has 14 heteroatoms. The molecule has 0 fully saturated rings. The molecule has 268 valence electrons. The van der Waals surface area contributed by atoms with Crippen LogP contribution in [0.25, 0.3) is 27.7 Å². The fourth-order valence-electron chi connectivity index (χ4n) is 5.38. The molecule has 12 nitrogen and oxygen atoms in total. The molecular formula is C38H36F2N6O6. The highest BCUT2D eigenvalue weighted by Crippen LogP contribution is 2.38. The van der Waals surface area contributed by atoms with E-state index in [1.165, 1.54) is 65.5 Å². The number of hydrogen-bond acceptors (Lipinski definition) is 8. The van der Waals surface area contributed by atoms with Crippen LogP contribution >= 0.6 is 0 Å². The number of pyridine rings is 1. The minimum absolute atomic E-state index is 0.0589. The summed E-state index contributed by atoms with van der Waals surface area (Å²) in [7, 11) is 0. The first kappa shape index (κ1) is 35.5. The maximum absolute atomic E-state index is 15.7. The average molecular weight is 711 g/mol. The molecular weight excluding hydrogens is 674 g/mol. The first-order chi connectivity index (χ1) is 24.7. The van der Waals surface area contributed by atoms with Crippen LogP contribution in [-0.4, -0.2) is 47.8 Å². The second-order valence-corrected chi connectivity index (χ2v) is 13.1. The van der Waals surface area contributed by atoms with E-state index in [2.05, 4.69) is 15.5 Å². The highest BCUT2D eigenvalue weighted by atomic mass is 19.1. The van der Waals surface area contributed by atoms with Crippen LogP contribution in [0.4, 0.5) is 19.3 Å². The number of hydrogen-bond donors (Lipinski definition) is 1. The van der Waals surface area contributed by atoms with E-state index in [1.54, 1.807) is 51.6 Å². The summed E-state index contributed by atoms with van der Waals surface area (Å²) >= 11 is 0. The van der Waals surface area contributed by atoms with Gasteiger partial charge in [-0.05, 0) is 102 Å². The van der Waals surface area contributed by atoms with Crippen LogP contribution in [0.3, 0.4) is 0 Å². The van der Waals surface area contributed by atoms with Gasteiger partial charge in [0.15, 0.2) is 11.6 Å². The number of aromatic nitrogens is 5. The molecule has 0 unspecified atom stereocenters. The van der Waals surface area contributed by atoms with Crippen LogP contribution in [-0.2, 0) is 11.3 Å². The van der Waals surface area contributed by atoms with Gasteiger partial charge in [-0.1, -0.05) is 0 Å². The monoisotopic (exact) mass is 710 g/mol. The summed E-state index contributed by atoms with van der Waals surface area (Å²) in [6.45, 7) is 11.3. The molecule has 0 saturated carbocycles. The SMILES string of the molecule is CCn1ncc2cc(Oc3ccc(NC(=O)c4ccc(OC(C)C)n(-c5ccc(F)cc5)c4=O)cc3F)c(-c3cnn(C(=O)OC(C)(C)C)c3)cc21. The lowest BCUT2D eigenvalue weighted by Gasteiger charge is -2.18. The van der Waals surface area contributed by atoms with Crippen LogP contribution in [0.2, 0.25) is 0 Å². The molecule has 3 aromatic carbocycles. The molecule has 3 aromatic heterocycles. The number of halogens is 2. The van der Waals surface area contributed by atoms with Crippen LogP contribution in [0.1, 0.15) is 51.9 Å². The normalized spacial score (nSPS) is 11.6. The standard InChI is InChI=1S/C38H36F2N6O6/c1-7-44-31-18-29(24-20-42-45(21-24)37(49)52-38(4,5)6)33(16-23(31)19-41-44)51-32-14-10-26(17-30(32)40)43-35(47)28-13-15-34(50-22(2)3)46(36(28)48)27-11-8-25(39)9-12-27/h8-22H,7H2,1-6H3,(H,43,47). The molecule has 52 heavy (non-hydrogen) atoms. The summed E-state index contributed by atoms with van der Waals surface area (Å²) < 4.78 is 50.6. The number of ether oxygens (including phenoxy) is 3. The quantitative estimate of drug-likeness (QED) is 0.160. The lowest BCUT2D eigenvalue weighted by molar-refractivity contribution is 0.0514. The zero-order valence-corrected chi connectivity index (χ0v) is 29.3. The first-order valence-electron chi connectivity index (χ1n) is 16.5. The van der Waals surface area contributed by atoms with Gasteiger partial charge in [0.2, 0.25) is 5.88 Å². The Bertz CT molecular complexity index is 2360. The second-order valence-electron chi connectivity index (χ2n) is 13.1. The fraction of sp³-hybridized carbons (Fsp3) is 0.237.